The van der Waals surface area contributed by atoms with Gasteiger partial charge in [-0.05, 0) is 42.3 Å². The van der Waals surface area contributed by atoms with Gasteiger partial charge in [-0.15, -0.1) is 30.1 Å². The van der Waals surface area contributed by atoms with Gasteiger partial charge in [0.2, 0.25) is 0 Å². The maximum Gasteiger partial charge on any atom is 0.315 e. The SMILES string of the molecule is C#CC/C=C(\C)C(C#C)OC(=O)C(c1csc(C)c1)C(C)C. The van der Waals surface area contributed by atoms with Crippen molar-refractivity contribution in [2.24, 2.45) is 5.92 Å². The maximum atomic E-state index is 12.6. The van der Waals surface area contributed by atoms with Crippen LogP contribution in [0.1, 0.15) is 43.6 Å². The molecule has 0 aromatic carbocycles. The number of allylic oxidation sites excluding steroid dienone is 1. The van der Waals surface area contributed by atoms with Crippen LogP contribution in [0.4, 0.5) is 0 Å². The van der Waals surface area contributed by atoms with Crippen molar-refractivity contribution in [1.29, 1.82) is 0 Å². The highest BCUT2D eigenvalue weighted by molar-refractivity contribution is 7.10. The van der Waals surface area contributed by atoms with Crippen molar-refractivity contribution in [1.82, 2.24) is 0 Å². The van der Waals surface area contributed by atoms with Crippen molar-refractivity contribution in [2.45, 2.75) is 46.1 Å². The van der Waals surface area contributed by atoms with E-state index < -0.39 is 6.10 Å². The standard InChI is InChI=1S/C19H22O2S/c1-7-9-10-14(5)17(8-2)21-19(20)18(13(3)4)16-11-15(6)22-12-16/h1-2,10-13,17-18H,9H2,3-6H3/b14-10+. The summed E-state index contributed by atoms with van der Waals surface area (Å²) in [6.07, 6.45) is 12.4. The van der Waals surface area contributed by atoms with Gasteiger partial charge in [-0.1, -0.05) is 25.8 Å². The minimum absolute atomic E-state index is 0.134. The summed E-state index contributed by atoms with van der Waals surface area (Å²) in [5, 5.41) is 2.01. The van der Waals surface area contributed by atoms with Crippen LogP contribution in [0, 0.1) is 37.5 Å². The van der Waals surface area contributed by atoms with Gasteiger partial charge in [0, 0.05) is 11.3 Å². The van der Waals surface area contributed by atoms with Crippen molar-refractivity contribution in [3.63, 3.8) is 0 Å². The van der Waals surface area contributed by atoms with Gasteiger partial charge in [-0.3, -0.25) is 4.79 Å². The highest BCUT2D eigenvalue weighted by Crippen LogP contribution is 2.30. The Morgan fingerprint density at radius 3 is 2.59 bits per heavy atom. The molecule has 0 fully saturated rings. The molecule has 0 aliphatic carbocycles. The summed E-state index contributed by atoms with van der Waals surface area (Å²) in [5.74, 6) is 4.57. The first-order chi connectivity index (χ1) is 10.4. The Morgan fingerprint density at radius 2 is 2.14 bits per heavy atom. The summed E-state index contributed by atoms with van der Waals surface area (Å²) in [4.78, 5) is 13.7. The number of carbonyl (C=O) groups is 1. The molecule has 3 heteroatoms. The molecule has 2 unspecified atom stereocenters. The van der Waals surface area contributed by atoms with E-state index in [0.717, 1.165) is 11.1 Å². The molecule has 0 radical (unpaired) electrons. The van der Waals surface area contributed by atoms with Crippen LogP contribution in [0.15, 0.2) is 23.1 Å². The Labute approximate surface area is 137 Å². The van der Waals surface area contributed by atoms with Crippen LogP contribution in [0.5, 0.6) is 0 Å². The van der Waals surface area contributed by atoms with E-state index in [-0.39, 0.29) is 17.8 Å². The summed E-state index contributed by atoms with van der Waals surface area (Å²) < 4.78 is 5.54. The quantitative estimate of drug-likeness (QED) is 0.444. The van der Waals surface area contributed by atoms with E-state index in [1.807, 2.05) is 45.2 Å². The lowest BCUT2D eigenvalue weighted by molar-refractivity contribution is -0.148. The molecule has 0 saturated carbocycles. The molecule has 1 aromatic heterocycles. The smallest absolute Gasteiger partial charge is 0.315 e. The Hall–Kier alpha value is -1.97. The number of terminal acetylenes is 2. The molecule has 2 atom stereocenters. The molecular formula is C19H22O2S. The van der Waals surface area contributed by atoms with E-state index >= 15 is 0 Å². The summed E-state index contributed by atoms with van der Waals surface area (Å²) >= 11 is 1.63. The summed E-state index contributed by atoms with van der Waals surface area (Å²) in [6, 6.07) is 2.03. The van der Waals surface area contributed by atoms with Crippen LogP contribution in [0.25, 0.3) is 0 Å². The monoisotopic (exact) mass is 314 g/mol. The molecule has 2 nitrogen and oxygen atoms in total. The predicted molar refractivity (Wildman–Crippen MR) is 92.6 cm³/mol. The molecule has 0 N–H and O–H groups in total. The van der Waals surface area contributed by atoms with Crippen LogP contribution in [0.2, 0.25) is 0 Å². The molecule has 0 amide bonds. The first-order valence-electron chi connectivity index (χ1n) is 7.22. The summed E-state index contributed by atoms with van der Waals surface area (Å²) in [7, 11) is 0. The first kappa shape index (κ1) is 18.1. The Morgan fingerprint density at radius 1 is 1.45 bits per heavy atom. The van der Waals surface area contributed by atoms with Gasteiger partial charge in [0.1, 0.15) is 0 Å². The van der Waals surface area contributed by atoms with Crippen molar-refractivity contribution in [3.8, 4) is 24.7 Å². The minimum atomic E-state index is -0.665. The van der Waals surface area contributed by atoms with Gasteiger partial charge in [0.25, 0.3) is 0 Å². The topological polar surface area (TPSA) is 26.3 Å². The number of hydrogen-bond donors (Lipinski definition) is 0. The highest BCUT2D eigenvalue weighted by Gasteiger charge is 2.28. The number of aryl methyl sites for hydroxylation is 1. The molecule has 22 heavy (non-hydrogen) atoms. The van der Waals surface area contributed by atoms with Crippen LogP contribution >= 0.6 is 11.3 Å². The lowest BCUT2D eigenvalue weighted by Crippen LogP contribution is -2.26. The molecular weight excluding hydrogens is 292 g/mol. The molecule has 1 heterocycles. The predicted octanol–water partition coefficient (Wildman–Crippen LogP) is 4.31. The lowest BCUT2D eigenvalue weighted by atomic mass is 9.90. The third-order valence-electron chi connectivity index (χ3n) is 3.37. The van der Waals surface area contributed by atoms with Crippen molar-refractivity contribution >= 4 is 17.3 Å². The second-order valence-corrected chi connectivity index (χ2v) is 6.67. The Kier molecular flexibility index (Phi) is 6.96. The minimum Gasteiger partial charge on any atom is -0.444 e. The molecule has 0 aliphatic rings. The van der Waals surface area contributed by atoms with E-state index in [0.29, 0.717) is 6.42 Å². The molecule has 0 bridgehead atoms. The number of hydrogen-bond acceptors (Lipinski definition) is 3. The summed E-state index contributed by atoms with van der Waals surface area (Å²) in [5.41, 5.74) is 1.78. The molecule has 0 spiro atoms. The number of ether oxygens (including phenoxy) is 1. The van der Waals surface area contributed by atoms with Gasteiger partial charge in [0.15, 0.2) is 6.10 Å². The van der Waals surface area contributed by atoms with Crippen molar-refractivity contribution in [2.75, 3.05) is 0 Å². The summed E-state index contributed by atoms with van der Waals surface area (Å²) in [6.45, 7) is 7.86. The largest absolute Gasteiger partial charge is 0.444 e. The average Bonchev–Trinajstić information content (AvgIpc) is 2.87. The molecule has 0 aliphatic heterocycles. The van der Waals surface area contributed by atoms with Crippen molar-refractivity contribution in [3.05, 3.63) is 33.5 Å². The normalized spacial score (nSPS) is 14.0. The Bertz CT molecular complexity index is 623. The second-order valence-electron chi connectivity index (χ2n) is 5.55. The third kappa shape index (κ3) is 4.79. The van der Waals surface area contributed by atoms with Crippen molar-refractivity contribution < 1.29 is 9.53 Å². The van der Waals surface area contributed by atoms with E-state index in [2.05, 4.69) is 11.8 Å². The Balaban J connectivity index is 2.92. The van der Waals surface area contributed by atoms with Crippen LogP contribution in [0.3, 0.4) is 0 Å². The second kappa shape index (κ2) is 8.47. The van der Waals surface area contributed by atoms with Gasteiger partial charge >= 0.3 is 5.97 Å². The van der Waals surface area contributed by atoms with Gasteiger partial charge in [0.05, 0.1) is 5.92 Å². The van der Waals surface area contributed by atoms with Gasteiger partial charge in [-0.25, -0.2) is 0 Å². The van der Waals surface area contributed by atoms with Crippen LogP contribution < -0.4 is 0 Å². The fourth-order valence-corrected chi connectivity index (χ4v) is 2.94. The number of carbonyl (C=O) groups excluding carboxylic acids is 1. The zero-order chi connectivity index (χ0) is 16.7. The molecule has 0 saturated heterocycles. The first-order valence-corrected chi connectivity index (χ1v) is 8.10. The van der Waals surface area contributed by atoms with E-state index in [9.17, 15) is 4.79 Å². The zero-order valence-electron chi connectivity index (χ0n) is 13.6. The fourth-order valence-electron chi connectivity index (χ4n) is 2.19. The molecule has 1 aromatic rings. The maximum absolute atomic E-state index is 12.6. The highest BCUT2D eigenvalue weighted by atomic mass is 32.1. The van der Waals surface area contributed by atoms with E-state index in [1.165, 1.54) is 4.88 Å². The number of rotatable bonds is 6. The van der Waals surface area contributed by atoms with E-state index in [4.69, 9.17) is 17.6 Å². The van der Waals surface area contributed by atoms with E-state index in [1.54, 1.807) is 11.3 Å². The number of thiophene rings is 1. The lowest BCUT2D eigenvalue weighted by Gasteiger charge is -2.21. The van der Waals surface area contributed by atoms with Crippen LogP contribution in [-0.2, 0) is 9.53 Å². The fraction of sp³-hybridized carbons (Fsp3) is 0.421. The van der Waals surface area contributed by atoms with Gasteiger partial charge < -0.3 is 4.74 Å². The zero-order valence-corrected chi connectivity index (χ0v) is 14.4. The molecule has 1 rings (SSSR count). The third-order valence-corrected chi connectivity index (χ3v) is 4.25. The molecule has 116 valence electrons. The average molecular weight is 314 g/mol. The van der Waals surface area contributed by atoms with Gasteiger partial charge in [-0.2, -0.15) is 0 Å². The van der Waals surface area contributed by atoms with Crippen LogP contribution in [-0.4, -0.2) is 12.1 Å². The number of esters is 1.